The summed E-state index contributed by atoms with van der Waals surface area (Å²) in [5.41, 5.74) is -1.21. The number of nitrogens with one attached hydrogen (secondary N) is 1. The molecule has 3 amide bonds. The van der Waals surface area contributed by atoms with Crippen molar-refractivity contribution in [3.8, 4) is 0 Å². The van der Waals surface area contributed by atoms with Gasteiger partial charge < -0.3 is 10.1 Å². The zero-order valence-corrected chi connectivity index (χ0v) is 18.4. The van der Waals surface area contributed by atoms with E-state index in [2.05, 4.69) is 5.32 Å². The molecule has 182 valence electrons. The first-order chi connectivity index (χ1) is 16.6. The number of rotatable bonds is 5. The largest absolute Gasteiger partial charge is 0.452 e. The molecule has 2 aromatic carbocycles. The van der Waals surface area contributed by atoms with E-state index in [0.717, 1.165) is 36.3 Å². The fourth-order valence-electron chi connectivity index (χ4n) is 5.68. The summed E-state index contributed by atoms with van der Waals surface area (Å²) in [6.45, 7) is -0.815. The Morgan fingerprint density at radius 2 is 1.63 bits per heavy atom. The van der Waals surface area contributed by atoms with Gasteiger partial charge >= 0.3 is 12.1 Å². The number of benzene rings is 2. The van der Waals surface area contributed by atoms with Crippen LogP contribution in [0.3, 0.4) is 0 Å². The van der Waals surface area contributed by atoms with E-state index < -0.39 is 35.9 Å². The molecule has 10 heteroatoms. The van der Waals surface area contributed by atoms with Crippen LogP contribution in [0.5, 0.6) is 0 Å². The van der Waals surface area contributed by atoms with E-state index in [1.165, 1.54) is 30.3 Å². The van der Waals surface area contributed by atoms with Crippen molar-refractivity contribution in [1.29, 1.82) is 0 Å². The molecule has 4 atom stereocenters. The lowest BCUT2D eigenvalue weighted by atomic mass is 9.81. The van der Waals surface area contributed by atoms with Crippen LogP contribution in [0.1, 0.15) is 35.2 Å². The standard InChI is InChI=1S/C25H21F3N2O5/c26-25(27,28)17-6-1-2-7-18(17)29-19(31)12-35-24(34)15-4-3-5-16(11-15)30-22(32)20-13-8-9-14(10-13)21(20)23(30)33/h1-7,11,13-14,20-21H,8-10,12H2,(H,29,31)/t13-,14-,20-,21-/m0/s1. The summed E-state index contributed by atoms with van der Waals surface area (Å²) in [7, 11) is 0. The highest BCUT2D eigenvalue weighted by Gasteiger charge is 2.61. The van der Waals surface area contributed by atoms with Gasteiger partial charge in [-0.15, -0.1) is 0 Å². The van der Waals surface area contributed by atoms with Crippen molar-refractivity contribution in [3.05, 3.63) is 59.7 Å². The van der Waals surface area contributed by atoms with Crippen LogP contribution in [0.4, 0.5) is 24.5 Å². The van der Waals surface area contributed by atoms with Gasteiger partial charge in [-0.2, -0.15) is 13.2 Å². The third-order valence-corrected chi connectivity index (χ3v) is 7.11. The average molecular weight is 486 g/mol. The van der Waals surface area contributed by atoms with E-state index in [-0.39, 0.29) is 46.7 Å². The molecule has 1 saturated heterocycles. The number of amides is 3. The normalized spacial score (nSPS) is 25.1. The molecular formula is C25H21F3N2O5. The van der Waals surface area contributed by atoms with Gasteiger partial charge in [-0.05, 0) is 61.4 Å². The molecule has 0 aromatic heterocycles. The fourth-order valence-corrected chi connectivity index (χ4v) is 5.68. The molecule has 3 aliphatic rings. The van der Waals surface area contributed by atoms with Crippen molar-refractivity contribution in [2.24, 2.45) is 23.7 Å². The average Bonchev–Trinajstić information content (AvgIpc) is 3.51. The molecule has 0 spiro atoms. The van der Waals surface area contributed by atoms with Crippen molar-refractivity contribution in [2.45, 2.75) is 25.4 Å². The number of hydrogen-bond acceptors (Lipinski definition) is 5. The Bertz CT molecular complexity index is 1200. The summed E-state index contributed by atoms with van der Waals surface area (Å²) >= 11 is 0. The van der Waals surface area contributed by atoms with Crippen LogP contribution in [-0.2, 0) is 25.3 Å². The number of fused-ring (bicyclic) bond motifs is 5. The van der Waals surface area contributed by atoms with Gasteiger partial charge in [0.1, 0.15) is 0 Å². The van der Waals surface area contributed by atoms with Crippen LogP contribution >= 0.6 is 0 Å². The second-order valence-corrected chi connectivity index (χ2v) is 9.11. The Morgan fingerprint density at radius 3 is 2.29 bits per heavy atom. The van der Waals surface area contributed by atoms with Crippen LogP contribution in [-0.4, -0.2) is 30.3 Å². The van der Waals surface area contributed by atoms with Crippen LogP contribution in [0.15, 0.2) is 48.5 Å². The first-order valence-corrected chi connectivity index (χ1v) is 11.3. The minimum Gasteiger partial charge on any atom is -0.452 e. The van der Waals surface area contributed by atoms with E-state index in [9.17, 15) is 32.3 Å². The first-order valence-electron chi connectivity index (χ1n) is 11.3. The van der Waals surface area contributed by atoms with Gasteiger partial charge in [0.2, 0.25) is 11.8 Å². The third-order valence-electron chi connectivity index (χ3n) is 7.11. The predicted molar refractivity (Wildman–Crippen MR) is 117 cm³/mol. The molecule has 1 N–H and O–H groups in total. The molecule has 0 radical (unpaired) electrons. The topological polar surface area (TPSA) is 92.8 Å². The van der Waals surface area contributed by atoms with Gasteiger partial charge in [0.15, 0.2) is 6.61 Å². The minimum absolute atomic E-state index is 0.00613. The zero-order valence-electron chi connectivity index (χ0n) is 18.4. The number of halogens is 3. The smallest absolute Gasteiger partial charge is 0.418 e. The molecule has 7 nitrogen and oxygen atoms in total. The lowest BCUT2D eigenvalue weighted by Crippen LogP contribution is -2.32. The second kappa shape index (κ2) is 8.51. The van der Waals surface area contributed by atoms with Crippen LogP contribution in [0.25, 0.3) is 0 Å². The number of carbonyl (C=O) groups excluding carboxylic acids is 4. The summed E-state index contributed by atoms with van der Waals surface area (Å²) in [6.07, 6.45) is -1.87. The van der Waals surface area contributed by atoms with Gasteiger partial charge in [-0.25, -0.2) is 4.79 Å². The summed E-state index contributed by atoms with van der Waals surface area (Å²) in [6, 6.07) is 10.2. The molecule has 2 bridgehead atoms. The Kier molecular flexibility index (Phi) is 5.61. The molecule has 1 aliphatic heterocycles. The van der Waals surface area contributed by atoms with Crippen LogP contribution in [0, 0.1) is 23.7 Å². The predicted octanol–water partition coefficient (Wildman–Crippen LogP) is 4.04. The molecule has 1 heterocycles. The van der Waals surface area contributed by atoms with Gasteiger partial charge in [0, 0.05) is 0 Å². The van der Waals surface area contributed by atoms with Gasteiger partial charge in [-0.1, -0.05) is 18.2 Å². The summed E-state index contributed by atoms with van der Waals surface area (Å²) in [5, 5.41) is 2.09. The summed E-state index contributed by atoms with van der Waals surface area (Å²) in [4.78, 5) is 51.8. The summed E-state index contributed by atoms with van der Waals surface area (Å²) in [5.74, 6) is -2.52. The molecule has 2 aromatic rings. The number of esters is 1. The van der Waals surface area contributed by atoms with Gasteiger partial charge in [0.05, 0.1) is 34.3 Å². The lowest BCUT2D eigenvalue weighted by molar-refractivity contribution is -0.137. The van der Waals surface area contributed by atoms with Gasteiger partial charge in [0.25, 0.3) is 5.91 Å². The number of ether oxygens (including phenoxy) is 1. The molecular weight excluding hydrogens is 465 g/mol. The molecule has 0 unspecified atom stereocenters. The highest BCUT2D eigenvalue weighted by molar-refractivity contribution is 6.22. The van der Waals surface area contributed by atoms with E-state index in [1.807, 2.05) is 0 Å². The zero-order chi connectivity index (χ0) is 24.9. The van der Waals surface area contributed by atoms with Crippen molar-refractivity contribution in [3.63, 3.8) is 0 Å². The van der Waals surface area contributed by atoms with Crippen molar-refractivity contribution in [2.75, 3.05) is 16.8 Å². The van der Waals surface area contributed by atoms with Crippen molar-refractivity contribution >= 4 is 35.1 Å². The maximum atomic E-state index is 13.1. The van der Waals surface area contributed by atoms with E-state index >= 15 is 0 Å². The number of carbonyl (C=O) groups is 4. The molecule has 5 rings (SSSR count). The van der Waals surface area contributed by atoms with E-state index in [0.29, 0.717) is 0 Å². The monoisotopic (exact) mass is 486 g/mol. The number of hydrogen-bond donors (Lipinski definition) is 1. The van der Waals surface area contributed by atoms with Crippen LogP contribution in [0.2, 0.25) is 0 Å². The number of nitrogens with zero attached hydrogens (tertiary/aromatic N) is 1. The highest BCUT2D eigenvalue weighted by Crippen LogP contribution is 2.56. The third kappa shape index (κ3) is 4.06. The van der Waals surface area contributed by atoms with Crippen molar-refractivity contribution < 1.29 is 37.1 Å². The molecule has 35 heavy (non-hydrogen) atoms. The van der Waals surface area contributed by atoms with Gasteiger partial charge in [-0.3, -0.25) is 19.3 Å². The minimum atomic E-state index is -4.66. The van der Waals surface area contributed by atoms with Crippen molar-refractivity contribution in [1.82, 2.24) is 0 Å². The highest BCUT2D eigenvalue weighted by atomic mass is 19.4. The Hall–Kier alpha value is -3.69. The van der Waals surface area contributed by atoms with E-state index in [4.69, 9.17) is 4.74 Å². The Morgan fingerprint density at radius 1 is 0.971 bits per heavy atom. The molecule has 2 saturated carbocycles. The lowest BCUT2D eigenvalue weighted by Gasteiger charge is -2.19. The van der Waals surface area contributed by atoms with Crippen LogP contribution < -0.4 is 10.2 Å². The quantitative estimate of drug-likeness (QED) is 0.509. The second-order valence-electron chi connectivity index (χ2n) is 9.11. The van der Waals surface area contributed by atoms with E-state index in [1.54, 1.807) is 6.07 Å². The maximum Gasteiger partial charge on any atom is 0.418 e. The number of para-hydroxylation sites is 1. The number of imide groups is 1. The molecule has 2 aliphatic carbocycles. The SMILES string of the molecule is O=C(COC(=O)c1cccc(N2C(=O)[C@H]3[C@H]4CC[C@@H](C4)[C@@H]3C2=O)c1)Nc1ccccc1C(F)(F)F. The number of alkyl halides is 3. The number of anilines is 2. The summed E-state index contributed by atoms with van der Waals surface area (Å²) < 4.78 is 44.2. The fraction of sp³-hybridized carbons (Fsp3) is 0.360. The molecule has 3 fully saturated rings. The first kappa shape index (κ1) is 23.1. The Balaban J connectivity index is 1.25. The maximum absolute atomic E-state index is 13.1. The Labute approximate surface area is 198 Å².